The van der Waals surface area contributed by atoms with Gasteiger partial charge < -0.3 is 0 Å². The van der Waals surface area contributed by atoms with E-state index in [2.05, 4.69) is 30.9 Å². The van der Waals surface area contributed by atoms with Crippen molar-refractivity contribution in [1.29, 1.82) is 5.26 Å². The standard InChI is InChI=1S/C24H33N/c1-2-3-19-10-14-23(15-11-19)24-16-12-21(13-17-24)5-4-20-6-8-22(18-25)9-7-20/h2,6-9,19,21,23-24H,1,3-5,10-17H2/t19-,21-,23-,24-. The van der Waals surface area contributed by atoms with Gasteiger partial charge in [-0.15, -0.1) is 6.58 Å². The van der Waals surface area contributed by atoms with Crippen molar-refractivity contribution < 1.29 is 0 Å². The van der Waals surface area contributed by atoms with Crippen molar-refractivity contribution in [1.82, 2.24) is 0 Å². The number of rotatable bonds is 6. The Morgan fingerprint density at radius 2 is 1.44 bits per heavy atom. The maximum absolute atomic E-state index is 8.88. The monoisotopic (exact) mass is 335 g/mol. The predicted molar refractivity (Wildman–Crippen MR) is 105 cm³/mol. The van der Waals surface area contributed by atoms with Gasteiger partial charge in [-0.2, -0.15) is 5.26 Å². The van der Waals surface area contributed by atoms with Gasteiger partial charge in [0.2, 0.25) is 0 Å². The molecule has 0 heterocycles. The number of allylic oxidation sites excluding steroid dienone is 1. The first-order valence-electron chi connectivity index (χ1n) is 10.4. The zero-order valence-electron chi connectivity index (χ0n) is 15.6. The Hall–Kier alpha value is -1.55. The van der Waals surface area contributed by atoms with Crippen LogP contribution in [0.2, 0.25) is 0 Å². The quantitative estimate of drug-likeness (QED) is 0.532. The molecule has 25 heavy (non-hydrogen) atoms. The molecule has 1 nitrogen and oxygen atoms in total. The van der Waals surface area contributed by atoms with E-state index < -0.39 is 0 Å². The summed E-state index contributed by atoms with van der Waals surface area (Å²) in [6.07, 6.45) is 17.5. The molecule has 0 spiro atoms. The van der Waals surface area contributed by atoms with Crippen LogP contribution in [0, 0.1) is 35.0 Å². The number of benzene rings is 1. The second-order valence-corrected chi connectivity index (χ2v) is 8.43. The van der Waals surface area contributed by atoms with Crippen molar-refractivity contribution in [3.8, 4) is 6.07 Å². The van der Waals surface area contributed by atoms with E-state index in [0.29, 0.717) is 0 Å². The molecule has 2 fully saturated rings. The Morgan fingerprint density at radius 3 is 1.96 bits per heavy atom. The molecule has 2 aliphatic rings. The van der Waals surface area contributed by atoms with Crippen molar-refractivity contribution >= 4 is 0 Å². The van der Waals surface area contributed by atoms with E-state index in [-0.39, 0.29) is 0 Å². The lowest BCUT2D eigenvalue weighted by atomic mass is 9.68. The minimum Gasteiger partial charge on any atom is -0.192 e. The smallest absolute Gasteiger partial charge is 0.0991 e. The largest absolute Gasteiger partial charge is 0.192 e. The van der Waals surface area contributed by atoms with Crippen molar-refractivity contribution in [3.63, 3.8) is 0 Å². The van der Waals surface area contributed by atoms with Gasteiger partial charge in [-0.05, 0) is 99.2 Å². The second-order valence-electron chi connectivity index (χ2n) is 8.43. The van der Waals surface area contributed by atoms with Crippen LogP contribution in [0.4, 0.5) is 0 Å². The lowest BCUT2D eigenvalue weighted by Gasteiger charge is -2.37. The fourth-order valence-corrected chi connectivity index (χ4v) is 5.20. The fraction of sp³-hybridized carbons (Fsp3) is 0.625. The maximum Gasteiger partial charge on any atom is 0.0991 e. The molecular formula is C24H33N. The summed E-state index contributed by atoms with van der Waals surface area (Å²) in [6.45, 7) is 3.91. The van der Waals surface area contributed by atoms with E-state index in [1.54, 1.807) is 0 Å². The number of hydrogen-bond donors (Lipinski definition) is 0. The first kappa shape index (κ1) is 18.2. The summed E-state index contributed by atoms with van der Waals surface area (Å²) >= 11 is 0. The molecule has 0 radical (unpaired) electrons. The summed E-state index contributed by atoms with van der Waals surface area (Å²) < 4.78 is 0. The van der Waals surface area contributed by atoms with Crippen LogP contribution >= 0.6 is 0 Å². The van der Waals surface area contributed by atoms with Gasteiger partial charge in [0.05, 0.1) is 11.6 Å². The van der Waals surface area contributed by atoms with Crippen LogP contribution in [0.5, 0.6) is 0 Å². The fourth-order valence-electron chi connectivity index (χ4n) is 5.20. The maximum atomic E-state index is 8.88. The summed E-state index contributed by atoms with van der Waals surface area (Å²) in [5, 5.41) is 8.88. The molecule has 1 aromatic carbocycles. The van der Waals surface area contributed by atoms with E-state index in [1.807, 2.05) is 12.1 Å². The Balaban J connectivity index is 1.37. The topological polar surface area (TPSA) is 23.8 Å². The molecule has 0 N–H and O–H groups in total. The Kier molecular flexibility index (Phi) is 6.74. The highest BCUT2D eigenvalue weighted by molar-refractivity contribution is 5.31. The third-order valence-electron chi connectivity index (χ3n) is 6.87. The summed E-state index contributed by atoms with van der Waals surface area (Å²) in [6, 6.07) is 10.4. The predicted octanol–water partition coefficient (Wildman–Crippen LogP) is 6.68. The van der Waals surface area contributed by atoms with Crippen molar-refractivity contribution in [2.75, 3.05) is 0 Å². The third-order valence-corrected chi connectivity index (χ3v) is 6.87. The third kappa shape index (κ3) is 5.21. The van der Waals surface area contributed by atoms with Gasteiger partial charge in [0, 0.05) is 0 Å². The van der Waals surface area contributed by atoms with Gasteiger partial charge in [0.25, 0.3) is 0 Å². The number of hydrogen-bond acceptors (Lipinski definition) is 1. The van der Waals surface area contributed by atoms with Gasteiger partial charge in [0.15, 0.2) is 0 Å². The number of aryl methyl sites for hydroxylation is 1. The Labute approximate surface area is 154 Å². The molecule has 0 aromatic heterocycles. The molecule has 0 aliphatic heterocycles. The molecule has 1 aromatic rings. The highest BCUT2D eigenvalue weighted by atomic mass is 14.4. The number of nitrogens with zero attached hydrogens (tertiary/aromatic N) is 1. The van der Waals surface area contributed by atoms with Gasteiger partial charge in [-0.25, -0.2) is 0 Å². The highest BCUT2D eigenvalue weighted by Crippen LogP contribution is 2.42. The van der Waals surface area contributed by atoms with Crippen LogP contribution in [0.25, 0.3) is 0 Å². The summed E-state index contributed by atoms with van der Waals surface area (Å²) in [5.41, 5.74) is 2.16. The van der Waals surface area contributed by atoms with Crippen LogP contribution in [-0.2, 0) is 6.42 Å². The lowest BCUT2D eigenvalue weighted by molar-refractivity contribution is 0.144. The second kappa shape index (κ2) is 9.23. The highest BCUT2D eigenvalue weighted by Gasteiger charge is 2.30. The van der Waals surface area contributed by atoms with Crippen molar-refractivity contribution in [3.05, 3.63) is 48.0 Å². The van der Waals surface area contributed by atoms with Gasteiger partial charge in [-0.1, -0.05) is 31.1 Å². The zero-order chi connectivity index (χ0) is 17.5. The molecule has 0 amide bonds. The molecular weight excluding hydrogens is 302 g/mol. The van der Waals surface area contributed by atoms with Crippen molar-refractivity contribution in [2.45, 2.75) is 70.6 Å². The molecule has 0 atom stereocenters. The molecule has 0 unspecified atom stereocenters. The van der Waals surface area contributed by atoms with Crippen LogP contribution in [-0.4, -0.2) is 0 Å². The van der Waals surface area contributed by atoms with Gasteiger partial charge in [0.1, 0.15) is 0 Å². The van der Waals surface area contributed by atoms with E-state index >= 15 is 0 Å². The molecule has 0 bridgehead atoms. The normalized spacial score (nSPS) is 29.7. The van der Waals surface area contributed by atoms with E-state index in [4.69, 9.17) is 5.26 Å². The average Bonchev–Trinajstić information content (AvgIpc) is 2.68. The van der Waals surface area contributed by atoms with E-state index in [9.17, 15) is 0 Å². The number of nitriles is 1. The van der Waals surface area contributed by atoms with Crippen LogP contribution in [0.3, 0.4) is 0 Å². The molecule has 2 aliphatic carbocycles. The average molecular weight is 336 g/mol. The molecule has 2 saturated carbocycles. The Morgan fingerprint density at radius 1 is 0.880 bits per heavy atom. The summed E-state index contributed by atoms with van der Waals surface area (Å²) in [7, 11) is 0. The summed E-state index contributed by atoms with van der Waals surface area (Å²) in [4.78, 5) is 0. The van der Waals surface area contributed by atoms with Crippen LogP contribution in [0.15, 0.2) is 36.9 Å². The van der Waals surface area contributed by atoms with Crippen molar-refractivity contribution in [2.24, 2.45) is 23.7 Å². The molecule has 3 rings (SSSR count). The minimum absolute atomic E-state index is 0.770. The first-order valence-corrected chi connectivity index (χ1v) is 10.4. The zero-order valence-corrected chi connectivity index (χ0v) is 15.6. The van der Waals surface area contributed by atoms with Crippen LogP contribution in [0.1, 0.15) is 75.3 Å². The molecule has 0 saturated heterocycles. The summed E-state index contributed by atoms with van der Waals surface area (Å²) in [5.74, 6) is 3.87. The molecule has 134 valence electrons. The Bertz CT molecular complexity index is 563. The van der Waals surface area contributed by atoms with Crippen LogP contribution < -0.4 is 0 Å². The van der Waals surface area contributed by atoms with E-state index in [0.717, 1.165) is 29.2 Å². The van der Waals surface area contributed by atoms with Gasteiger partial charge >= 0.3 is 0 Å². The van der Waals surface area contributed by atoms with Gasteiger partial charge in [-0.3, -0.25) is 0 Å². The molecule has 1 heteroatoms. The first-order chi connectivity index (χ1) is 12.3. The van der Waals surface area contributed by atoms with E-state index in [1.165, 1.54) is 76.2 Å². The lowest BCUT2D eigenvalue weighted by Crippen LogP contribution is -2.26. The minimum atomic E-state index is 0.770. The SMILES string of the molecule is C=CC[C@H]1CC[C@H]([C@H]2CC[C@H](CCc3ccc(C#N)cc3)CC2)CC1.